The lowest BCUT2D eigenvalue weighted by atomic mass is 9.98. The van der Waals surface area contributed by atoms with Gasteiger partial charge in [0.1, 0.15) is 11.4 Å². The maximum Gasteiger partial charge on any atom is 0.290 e. The largest absolute Gasteiger partial charge is 0.450 e. The Kier molecular flexibility index (Phi) is 3.21. The van der Waals surface area contributed by atoms with Gasteiger partial charge in [-0.3, -0.25) is 9.59 Å². The summed E-state index contributed by atoms with van der Waals surface area (Å²) >= 11 is 5.96. The number of amides is 1. The summed E-state index contributed by atoms with van der Waals surface area (Å²) in [6.07, 6.45) is 0. The number of hydrogen-bond acceptors (Lipinski definition) is 3. The Morgan fingerprint density at radius 3 is 2.67 bits per heavy atom. The van der Waals surface area contributed by atoms with E-state index in [1.165, 1.54) is 24.1 Å². The molecule has 0 bridgehead atoms. The molecule has 1 atom stereocenters. The first-order chi connectivity index (χ1) is 11.5. The number of fused-ring (bicyclic) bond motifs is 2. The van der Waals surface area contributed by atoms with Crippen LogP contribution in [0.1, 0.15) is 27.7 Å². The molecule has 0 aliphatic carbocycles. The first-order valence-corrected chi connectivity index (χ1v) is 7.64. The van der Waals surface area contributed by atoms with Crippen LogP contribution in [0.3, 0.4) is 0 Å². The molecule has 1 amide bonds. The molecule has 0 saturated heterocycles. The molecule has 2 aromatic carbocycles. The fourth-order valence-corrected chi connectivity index (χ4v) is 3.29. The first-order valence-electron chi connectivity index (χ1n) is 7.27. The van der Waals surface area contributed by atoms with Crippen molar-refractivity contribution in [1.29, 1.82) is 0 Å². The summed E-state index contributed by atoms with van der Waals surface area (Å²) in [5.41, 5.74) is 0.293. The number of halogens is 2. The van der Waals surface area contributed by atoms with Gasteiger partial charge in [-0.25, -0.2) is 4.39 Å². The predicted octanol–water partition coefficient (Wildman–Crippen LogP) is 3.76. The van der Waals surface area contributed by atoms with Crippen LogP contribution in [0.25, 0.3) is 11.0 Å². The number of rotatable bonds is 1. The van der Waals surface area contributed by atoms with Crippen molar-refractivity contribution in [2.75, 3.05) is 7.05 Å². The van der Waals surface area contributed by atoms with E-state index in [1.54, 1.807) is 30.3 Å². The topological polar surface area (TPSA) is 50.5 Å². The third-order valence-corrected chi connectivity index (χ3v) is 4.50. The maximum absolute atomic E-state index is 14.3. The lowest BCUT2D eigenvalue weighted by Gasteiger charge is -2.20. The summed E-state index contributed by atoms with van der Waals surface area (Å²) in [5.74, 6) is -0.988. The van der Waals surface area contributed by atoms with Gasteiger partial charge in [-0.2, -0.15) is 0 Å². The van der Waals surface area contributed by atoms with Crippen molar-refractivity contribution in [3.05, 3.63) is 80.4 Å². The minimum absolute atomic E-state index is 0.0504. The Morgan fingerprint density at radius 1 is 1.17 bits per heavy atom. The second kappa shape index (κ2) is 5.18. The summed E-state index contributed by atoms with van der Waals surface area (Å²) in [5, 5.41) is 0.653. The molecule has 4 nitrogen and oxygen atoms in total. The summed E-state index contributed by atoms with van der Waals surface area (Å²) in [7, 11) is 1.52. The van der Waals surface area contributed by atoms with E-state index in [9.17, 15) is 14.0 Å². The molecule has 120 valence electrons. The van der Waals surface area contributed by atoms with Gasteiger partial charge in [-0.1, -0.05) is 29.8 Å². The molecule has 6 heteroatoms. The molecule has 24 heavy (non-hydrogen) atoms. The van der Waals surface area contributed by atoms with Crippen molar-refractivity contribution in [2.45, 2.75) is 6.04 Å². The van der Waals surface area contributed by atoms with Crippen LogP contribution in [0.5, 0.6) is 0 Å². The molecule has 1 aromatic heterocycles. The third-order valence-electron chi connectivity index (χ3n) is 4.26. The molecule has 1 aliphatic rings. The van der Waals surface area contributed by atoms with E-state index in [-0.39, 0.29) is 33.3 Å². The zero-order chi connectivity index (χ0) is 17.0. The van der Waals surface area contributed by atoms with Crippen LogP contribution in [-0.2, 0) is 0 Å². The van der Waals surface area contributed by atoms with Gasteiger partial charge >= 0.3 is 0 Å². The average molecular weight is 344 g/mol. The maximum atomic E-state index is 14.3. The van der Waals surface area contributed by atoms with Gasteiger partial charge in [-0.15, -0.1) is 0 Å². The van der Waals surface area contributed by atoms with E-state index in [1.807, 2.05) is 0 Å². The Bertz CT molecular complexity index is 1060. The minimum Gasteiger partial charge on any atom is -0.450 e. The molecule has 4 rings (SSSR count). The molecule has 0 saturated carbocycles. The highest BCUT2D eigenvalue weighted by molar-refractivity contribution is 6.31. The van der Waals surface area contributed by atoms with E-state index >= 15 is 0 Å². The van der Waals surface area contributed by atoms with Crippen LogP contribution in [-0.4, -0.2) is 17.9 Å². The first kappa shape index (κ1) is 14.9. The van der Waals surface area contributed by atoms with Gasteiger partial charge < -0.3 is 9.32 Å². The van der Waals surface area contributed by atoms with Crippen LogP contribution in [0.2, 0.25) is 5.02 Å². The fraction of sp³-hybridized carbons (Fsp3) is 0.111. The number of carbonyl (C=O) groups is 1. The highest BCUT2D eigenvalue weighted by Gasteiger charge is 2.41. The summed E-state index contributed by atoms with van der Waals surface area (Å²) in [4.78, 5) is 26.8. The lowest BCUT2D eigenvalue weighted by Crippen LogP contribution is -2.25. The van der Waals surface area contributed by atoms with Gasteiger partial charge in [0.25, 0.3) is 5.91 Å². The van der Waals surface area contributed by atoms with Crippen molar-refractivity contribution in [3.63, 3.8) is 0 Å². The van der Waals surface area contributed by atoms with E-state index < -0.39 is 17.8 Å². The van der Waals surface area contributed by atoms with E-state index in [0.29, 0.717) is 5.02 Å². The van der Waals surface area contributed by atoms with Crippen molar-refractivity contribution in [3.8, 4) is 0 Å². The minimum atomic E-state index is -0.826. The van der Waals surface area contributed by atoms with Gasteiger partial charge in [0.2, 0.25) is 5.76 Å². The third kappa shape index (κ3) is 1.98. The molecular formula is C18H11ClFNO3. The van der Waals surface area contributed by atoms with Gasteiger partial charge in [0.05, 0.1) is 17.0 Å². The number of nitrogens with zero attached hydrogens (tertiary/aromatic N) is 1. The highest BCUT2D eigenvalue weighted by Crippen LogP contribution is 2.38. The van der Waals surface area contributed by atoms with Crippen molar-refractivity contribution >= 4 is 28.5 Å². The molecule has 1 aliphatic heterocycles. The normalized spacial score (nSPS) is 16.7. The number of carbonyl (C=O) groups excluding carboxylic acids is 1. The molecule has 3 aromatic rings. The second-order valence-electron chi connectivity index (χ2n) is 5.65. The Balaban J connectivity index is 2.08. The second-order valence-corrected chi connectivity index (χ2v) is 6.09. The molecule has 0 spiro atoms. The molecular weight excluding hydrogens is 333 g/mol. The average Bonchev–Trinajstić information content (AvgIpc) is 2.81. The van der Waals surface area contributed by atoms with E-state index in [4.69, 9.17) is 16.0 Å². The zero-order valence-corrected chi connectivity index (χ0v) is 13.3. The monoisotopic (exact) mass is 343 g/mol. The highest BCUT2D eigenvalue weighted by atomic mass is 35.5. The standard InChI is InChI=1S/C18H11ClFNO3/c1-21-15(10-4-2-3-5-12(10)20)14-16(22)11-8-9(19)6-7-13(11)24-17(14)18(21)23/h2-8,15H,1H3. The quantitative estimate of drug-likeness (QED) is 0.676. The smallest absolute Gasteiger partial charge is 0.290 e. The SMILES string of the molecule is CN1C(=O)c2oc3ccc(Cl)cc3c(=O)c2C1c1ccccc1F. The van der Waals surface area contributed by atoms with Gasteiger partial charge in [-0.05, 0) is 24.3 Å². The molecule has 0 fully saturated rings. The van der Waals surface area contributed by atoms with Crippen LogP contribution in [0.4, 0.5) is 4.39 Å². The van der Waals surface area contributed by atoms with Gasteiger partial charge in [0, 0.05) is 17.6 Å². The Labute approximate surface area is 141 Å². The summed E-state index contributed by atoms with van der Waals surface area (Å²) in [6, 6.07) is 9.86. The zero-order valence-electron chi connectivity index (χ0n) is 12.5. The van der Waals surface area contributed by atoms with Crippen LogP contribution in [0, 0.1) is 5.82 Å². The van der Waals surface area contributed by atoms with Gasteiger partial charge in [0.15, 0.2) is 5.43 Å². The van der Waals surface area contributed by atoms with E-state index in [0.717, 1.165) is 0 Å². The van der Waals surface area contributed by atoms with Crippen LogP contribution < -0.4 is 5.43 Å². The fourth-order valence-electron chi connectivity index (χ4n) is 3.12. The number of hydrogen-bond donors (Lipinski definition) is 0. The lowest BCUT2D eigenvalue weighted by molar-refractivity contribution is 0.0770. The van der Waals surface area contributed by atoms with E-state index in [2.05, 4.69) is 0 Å². The number of benzene rings is 2. The molecule has 0 N–H and O–H groups in total. The Hall–Kier alpha value is -2.66. The molecule has 1 unspecified atom stereocenters. The summed E-state index contributed by atoms with van der Waals surface area (Å²) < 4.78 is 19.9. The molecule has 2 heterocycles. The van der Waals surface area contributed by atoms with Crippen molar-refractivity contribution in [1.82, 2.24) is 4.90 Å². The van der Waals surface area contributed by atoms with Crippen molar-refractivity contribution in [2.24, 2.45) is 0 Å². The molecule has 0 radical (unpaired) electrons. The van der Waals surface area contributed by atoms with Crippen LogP contribution >= 0.6 is 11.6 Å². The summed E-state index contributed by atoms with van der Waals surface area (Å²) in [6.45, 7) is 0. The van der Waals surface area contributed by atoms with Crippen LogP contribution in [0.15, 0.2) is 51.7 Å². The predicted molar refractivity (Wildman–Crippen MR) is 87.8 cm³/mol. The Morgan fingerprint density at radius 2 is 1.92 bits per heavy atom. The van der Waals surface area contributed by atoms with Crippen molar-refractivity contribution < 1.29 is 13.6 Å².